The molecule has 0 saturated carbocycles. The molecule has 0 bridgehead atoms. The molecular weight excluding hydrogens is 204 g/mol. The Bertz CT molecular complexity index is 343. The SMILES string of the molecule is Cc1ncsc1C(C)NC1CC=CCC1. The van der Waals surface area contributed by atoms with Crippen LogP contribution >= 0.6 is 11.3 Å². The number of hydrogen-bond donors (Lipinski definition) is 1. The predicted octanol–water partition coefficient (Wildman–Crippen LogP) is 3.21. The second-order valence-corrected chi connectivity index (χ2v) is 5.06. The summed E-state index contributed by atoms with van der Waals surface area (Å²) < 4.78 is 0. The number of nitrogens with zero attached hydrogens (tertiary/aromatic N) is 1. The Morgan fingerprint density at radius 3 is 3.00 bits per heavy atom. The summed E-state index contributed by atoms with van der Waals surface area (Å²) in [6, 6.07) is 1.08. The van der Waals surface area contributed by atoms with Crippen molar-refractivity contribution in [3.63, 3.8) is 0 Å². The highest BCUT2D eigenvalue weighted by Crippen LogP contribution is 2.23. The third-order valence-corrected chi connectivity index (χ3v) is 4.04. The van der Waals surface area contributed by atoms with Crippen LogP contribution in [0.15, 0.2) is 17.7 Å². The number of rotatable bonds is 3. The molecule has 2 nitrogen and oxygen atoms in total. The van der Waals surface area contributed by atoms with Crippen LogP contribution in [0.4, 0.5) is 0 Å². The molecule has 0 aliphatic heterocycles. The van der Waals surface area contributed by atoms with Crippen molar-refractivity contribution in [3.05, 3.63) is 28.2 Å². The highest BCUT2D eigenvalue weighted by Gasteiger charge is 2.16. The lowest BCUT2D eigenvalue weighted by molar-refractivity contribution is 0.428. The van der Waals surface area contributed by atoms with E-state index in [1.165, 1.54) is 29.8 Å². The topological polar surface area (TPSA) is 24.9 Å². The zero-order chi connectivity index (χ0) is 10.7. The maximum Gasteiger partial charge on any atom is 0.0798 e. The van der Waals surface area contributed by atoms with Crippen LogP contribution in [0.2, 0.25) is 0 Å². The van der Waals surface area contributed by atoms with Gasteiger partial charge in [0.15, 0.2) is 0 Å². The van der Waals surface area contributed by atoms with E-state index in [0.717, 1.165) is 0 Å². The average molecular weight is 222 g/mol. The molecule has 15 heavy (non-hydrogen) atoms. The first-order chi connectivity index (χ1) is 7.27. The standard InChI is InChI=1S/C12H18N2S/c1-9-12(15-8-13-9)10(2)14-11-6-4-3-5-7-11/h3-4,8,10-11,14H,5-7H2,1-2H3. The van der Waals surface area contributed by atoms with Crippen LogP contribution < -0.4 is 5.32 Å². The second kappa shape index (κ2) is 4.90. The van der Waals surface area contributed by atoms with Crippen molar-refractivity contribution in [3.8, 4) is 0 Å². The Labute approximate surface area is 95.4 Å². The van der Waals surface area contributed by atoms with E-state index in [1.807, 2.05) is 5.51 Å². The van der Waals surface area contributed by atoms with Crippen molar-refractivity contribution in [2.24, 2.45) is 0 Å². The van der Waals surface area contributed by atoms with Crippen LogP contribution in [0, 0.1) is 6.92 Å². The summed E-state index contributed by atoms with van der Waals surface area (Å²) in [4.78, 5) is 5.67. The van der Waals surface area contributed by atoms with E-state index in [2.05, 4.69) is 36.3 Å². The molecule has 1 N–H and O–H groups in total. The van der Waals surface area contributed by atoms with Crippen LogP contribution in [0.5, 0.6) is 0 Å². The third kappa shape index (κ3) is 2.67. The molecule has 0 aromatic carbocycles. The zero-order valence-corrected chi connectivity index (χ0v) is 10.2. The number of hydrogen-bond acceptors (Lipinski definition) is 3. The molecule has 2 unspecified atom stereocenters. The molecule has 0 amide bonds. The van der Waals surface area contributed by atoms with Crippen LogP contribution in [-0.4, -0.2) is 11.0 Å². The van der Waals surface area contributed by atoms with E-state index in [1.54, 1.807) is 11.3 Å². The van der Waals surface area contributed by atoms with E-state index in [9.17, 15) is 0 Å². The highest BCUT2D eigenvalue weighted by atomic mass is 32.1. The van der Waals surface area contributed by atoms with Gasteiger partial charge in [0.1, 0.15) is 0 Å². The summed E-state index contributed by atoms with van der Waals surface area (Å²) in [6.07, 6.45) is 8.21. The van der Waals surface area contributed by atoms with Crippen molar-refractivity contribution in [1.82, 2.24) is 10.3 Å². The molecule has 1 aliphatic carbocycles. The van der Waals surface area contributed by atoms with Gasteiger partial charge in [-0.3, -0.25) is 0 Å². The van der Waals surface area contributed by atoms with Crippen molar-refractivity contribution in [1.29, 1.82) is 0 Å². The van der Waals surface area contributed by atoms with Gasteiger partial charge in [0.05, 0.1) is 11.2 Å². The summed E-state index contributed by atoms with van der Waals surface area (Å²) in [5.74, 6) is 0. The molecule has 0 fully saturated rings. The van der Waals surface area contributed by atoms with Gasteiger partial charge >= 0.3 is 0 Å². The summed E-state index contributed by atoms with van der Waals surface area (Å²) in [5.41, 5.74) is 3.11. The smallest absolute Gasteiger partial charge is 0.0798 e. The molecule has 0 spiro atoms. The van der Waals surface area contributed by atoms with Crippen LogP contribution in [-0.2, 0) is 0 Å². The number of aryl methyl sites for hydroxylation is 1. The fourth-order valence-corrected chi connectivity index (χ4v) is 2.92. The maximum absolute atomic E-state index is 4.30. The molecule has 2 atom stereocenters. The van der Waals surface area contributed by atoms with Gasteiger partial charge in [-0.05, 0) is 33.1 Å². The fourth-order valence-electron chi connectivity index (χ4n) is 2.10. The Balaban J connectivity index is 1.94. The van der Waals surface area contributed by atoms with Crippen LogP contribution in [0.1, 0.15) is 42.8 Å². The Hall–Kier alpha value is -0.670. The molecule has 1 aliphatic rings. The molecule has 2 rings (SSSR count). The summed E-state index contributed by atoms with van der Waals surface area (Å²) >= 11 is 1.75. The van der Waals surface area contributed by atoms with Gasteiger partial charge in [0, 0.05) is 17.0 Å². The molecule has 82 valence electrons. The first-order valence-corrected chi connectivity index (χ1v) is 6.46. The number of allylic oxidation sites excluding steroid dienone is 1. The van der Waals surface area contributed by atoms with Gasteiger partial charge in [0.25, 0.3) is 0 Å². The zero-order valence-electron chi connectivity index (χ0n) is 9.36. The van der Waals surface area contributed by atoms with E-state index >= 15 is 0 Å². The maximum atomic E-state index is 4.30. The van der Waals surface area contributed by atoms with Crippen molar-refractivity contribution < 1.29 is 0 Å². The van der Waals surface area contributed by atoms with E-state index in [4.69, 9.17) is 0 Å². The first kappa shape index (κ1) is 10.8. The quantitative estimate of drug-likeness (QED) is 0.794. The molecule has 1 heterocycles. The van der Waals surface area contributed by atoms with Crippen molar-refractivity contribution >= 4 is 11.3 Å². The van der Waals surface area contributed by atoms with Gasteiger partial charge in [-0.15, -0.1) is 11.3 Å². The van der Waals surface area contributed by atoms with Gasteiger partial charge in [0.2, 0.25) is 0 Å². The van der Waals surface area contributed by atoms with E-state index < -0.39 is 0 Å². The summed E-state index contributed by atoms with van der Waals surface area (Å²) in [6.45, 7) is 4.32. The summed E-state index contributed by atoms with van der Waals surface area (Å²) in [5, 5.41) is 3.68. The Morgan fingerprint density at radius 1 is 1.53 bits per heavy atom. The van der Waals surface area contributed by atoms with E-state index in [-0.39, 0.29) is 0 Å². The minimum absolute atomic E-state index is 0.439. The van der Waals surface area contributed by atoms with Gasteiger partial charge in [-0.25, -0.2) is 4.98 Å². The Kier molecular flexibility index (Phi) is 3.54. The second-order valence-electron chi connectivity index (χ2n) is 4.17. The van der Waals surface area contributed by atoms with Gasteiger partial charge in [-0.1, -0.05) is 12.2 Å². The van der Waals surface area contributed by atoms with Crippen LogP contribution in [0.3, 0.4) is 0 Å². The largest absolute Gasteiger partial charge is 0.306 e. The first-order valence-electron chi connectivity index (χ1n) is 5.58. The molecule has 0 saturated heterocycles. The molecule has 1 aromatic heterocycles. The predicted molar refractivity (Wildman–Crippen MR) is 65.2 cm³/mol. The number of aromatic nitrogens is 1. The lowest BCUT2D eigenvalue weighted by Gasteiger charge is -2.23. The van der Waals surface area contributed by atoms with Crippen LogP contribution in [0.25, 0.3) is 0 Å². The van der Waals surface area contributed by atoms with E-state index in [0.29, 0.717) is 12.1 Å². The number of nitrogens with one attached hydrogen (secondary N) is 1. The minimum Gasteiger partial charge on any atom is -0.306 e. The lowest BCUT2D eigenvalue weighted by atomic mass is 10.0. The number of thiazole rings is 1. The van der Waals surface area contributed by atoms with Gasteiger partial charge < -0.3 is 5.32 Å². The normalized spacial score (nSPS) is 22.9. The molecule has 1 aromatic rings. The fraction of sp³-hybridized carbons (Fsp3) is 0.583. The molecule has 3 heteroatoms. The van der Waals surface area contributed by atoms with Gasteiger partial charge in [-0.2, -0.15) is 0 Å². The molecule has 0 radical (unpaired) electrons. The Morgan fingerprint density at radius 2 is 2.40 bits per heavy atom. The minimum atomic E-state index is 0.439. The molecular formula is C12H18N2S. The average Bonchev–Trinajstić information content (AvgIpc) is 2.66. The third-order valence-electron chi connectivity index (χ3n) is 2.93. The highest BCUT2D eigenvalue weighted by molar-refractivity contribution is 7.09. The lowest BCUT2D eigenvalue weighted by Crippen LogP contribution is -2.32. The van der Waals surface area contributed by atoms with Crippen molar-refractivity contribution in [2.75, 3.05) is 0 Å². The monoisotopic (exact) mass is 222 g/mol. The van der Waals surface area contributed by atoms with Crippen molar-refractivity contribution in [2.45, 2.75) is 45.2 Å². The summed E-state index contributed by atoms with van der Waals surface area (Å²) in [7, 11) is 0.